The van der Waals surface area contributed by atoms with Crippen LogP contribution in [0.2, 0.25) is 0 Å². The van der Waals surface area contributed by atoms with Gasteiger partial charge in [0.25, 0.3) is 0 Å². The van der Waals surface area contributed by atoms with E-state index in [1.165, 1.54) is 6.33 Å². The average Bonchev–Trinajstić information content (AvgIpc) is 2.48. The second-order valence-electron chi connectivity index (χ2n) is 3.58. The van der Waals surface area contributed by atoms with Crippen LogP contribution in [0, 0.1) is 0 Å². The van der Waals surface area contributed by atoms with E-state index in [9.17, 15) is 0 Å². The van der Waals surface area contributed by atoms with Gasteiger partial charge in [-0.15, -0.1) is 11.6 Å². The van der Waals surface area contributed by atoms with Crippen molar-refractivity contribution in [1.82, 2.24) is 9.97 Å². The molecule has 0 spiro atoms. The number of methoxy groups -OCH3 is 2. The number of alkyl halides is 1. The first-order valence-electron chi connectivity index (χ1n) is 5.53. The minimum absolute atomic E-state index is 0.258. The molecular weight excluding hydrogens is 268 g/mol. The molecule has 0 saturated carbocycles. The molecule has 1 aromatic heterocycles. The maximum atomic E-state index is 5.82. The largest absolute Gasteiger partial charge is 0.493 e. The van der Waals surface area contributed by atoms with Gasteiger partial charge in [-0.25, -0.2) is 9.97 Å². The molecule has 0 aliphatic heterocycles. The molecule has 0 aliphatic carbocycles. The van der Waals surface area contributed by atoms with E-state index in [1.54, 1.807) is 32.5 Å². The predicted octanol–water partition coefficient (Wildman–Crippen LogP) is 3.02. The highest BCUT2D eigenvalue weighted by Gasteiger charge is 2.15. The Kier molecular flexibility index (Phi) is 4.41. The third kappa shape index (κ3) is 2.88. The fourth-order valence-electron chi connectivity index (χ4n) is 1.55. The molecule has 2 aromatic rings. The van der Waals surface area contributed by atoms with Gasteiger partial charge in [0.15, 0.2) is 11.5 Å². The normalized spacial score (nSPS) is 10.1. The van der Waals surface area contributed by atoms with Crippen LogP contribution < -0.4 is 14.2 Å². The summed E-state index contributed by atoms with van der Waals surface area (Å²) in [5.41, 5.74) is 0.692. The van der Waals surface area contributed by atoms with Crippen molar-refractivity contribution in [3.63, 3.8) is 0 Å². The summed E-state index contributed by atoms with van der Waals surface area (Å²) < 4.78 is 16.3. The van der Waals surface area contributed by atoms with E-state index in [4.69, 9.17) is 25.8 Å². The van der Waals surface area contributed by atoms with Crippen molar-refractivity contribution < 1.29 is 14.2 Å². The SMILES string of the molecule is COc1cccc(OC)c1Oc1ncncc1CCl. The molecule has 2 rings (SSSR count). The summed E-state index contributed by atoms with van der Waals surface area (Å²) in [7, 11) is 3.12. The second kappa shape index (κ2) is 6.24. The minimum atomic E-state index is 0.258. The van der Waals surface area contributed by atoms with Gasteiger partial charge in [-0.05, 0) is 12.1 Å². The van der Waals surface area contributed by atoms with Crippen LogP contribution in [0.4, 0.5) is 0 Å². The van der Waals surface area contributed by atoms with Crippen LogP contribution in [0.5, 0.6) is 23.1 Å². The van der Waals surface area contributed by atoms with Gasteiger partial charge in [0.1, 0.15) is 6.33 Å². The summed E-state index contributed by atoms with van der Waals surface area (Å²) >= 11 is 5.82. The van der Waals surface area contributed by atoms with Crippen LogP contribution in [0.25, 0.3) is 0 Å². The van der Waals surface area contributed by atoms with Gasteiger partial charge in [-0.2, -0.15) is 0 Å². The number of ether oxygens (including phenoxy) is 3. The van der Waals surface area contributed by atoms with Crippen molar-refractivity contribution >= 4 is 11.6 Å². The number of aromatic nitrogens is 2. The third-order valence-electron chi connectivity index (χ3n) is 2.47. The molecule has 0 atom stereocenters. The molecule has 0 aliphatic rings. The van der Waals surface area contributed by atoms with E-state index in [0.717, 1.165) is 0 Å². The predicted molar refractivity (Wildman–Crippen MR) is 71.2 cm³/mol. The fraction of sp³-hybridized carbons (Fsp3) is 0.231. The Balaban J connectivity index is 2.42. The maximum absolute atomic E-state index is 5.82. The van der Waals surface area contributed by atoms with Crippen LogP contribution in [0.3, 0.4) is 0 Å². The van der Waals surface area contributed by atoms with Crippen molar-refractivity contribution in [2.24, 2.45) is 0 Å². The van der Waals surface area contributed by atoms with Gasteiger partial charge in [0.05, 0.1) is 20.1 Å². The van der Waals surface area contributed by atoms with Gasteiger partial charge < -0.3 is 14.2 Å². The molecule has 0 radical (unpaired) electrons. The van der Waals surface area contributed by atoms with E-state index >= 15 is 0 Å². The lowest BCUT2D eigenvalue weighted by molar-refractivity contribution is 0.340. The molecule has 100 valence electrons. The topological polar surface area (TPSA) is 53.5 Å². The summed E-state index contributed by atoms with van der Waals surface area (Å²) in [5.74, 6) is 2.20. The first-order chi connectivity index (χ1) is 9.30. The number of para-hydroxylation sites is 1. The van der Waals surface area contributed by atoms with E-state index in [1.807, 2.05) is 6.07 Å². The molecule has 5 nitrogen and oxygen atoms in total. The van der Waals surface area contributed by atoms with E-state index in [-0.39, 0.29) is 5.88 Å². The molecule has 1 heterocycles. The number of hydrogen-bond donors (Lipinski definition) is 0. The van der Waals surface area contributed by atoms with Crippen LogP contribution >= 0.6 is 11.6 Å². The third-order valence-corrected chi connectivity index (χ3v) is 2.76. The van der Waals surface area contributed by atoms with Gasteiger partial charge in [0.2, 0.25) is 11.6 Å². The van der Waals surface area contributed by atoms with Crippen LogP contribution in [-0.2, 0) is 5.88 Å². The first kappa shape index (κ1) is 13.4. The summed E-state index contributed by atoms with van der Waals surface area (Å²) in [6, 6.07) is 5.37. The van der Waals surface area contributed by atoms with Crippen molar-refractivity contribution in [1.29, 1.82) is 0 Å². The fourth-order valence-corrected chi connectivity index (χ4v) is 1.73. The van der Waals surface area contributed by atoms with Crippen molar-refractivity contribution in [3.8, 4) is 23.1 Å². The molecule has 0 bridgehead atoms. The lowest BCUT2D eigenvalue weighted by Crippen LogP contribution is -1.98. The zero-order chi connectivity index (χ0) is 13.7. The monoisotopic (exact) mass is 280 g/mol. The zero-order valence-electron chi connectivity index (χ0n) is 10.6. The summed E-state index contributed by atoms with van der Waals surface area (Å²) in [6.45, 7) is 0. The number of benzene rings is 1. The second-order valence-corrected chi connectivity index (χ2v) is 3.85. The molecule has 0 fully saturated rings. The van der Waals surface area contributed by atoms with Gasteiger partial charge >= 0.3 is 0 Å². The first-order valence-corrected chi connectivity index (χ1v) is 6.07. The molecule has 0 amide bonds. The average molecular weight is 281 g/mol. The molecular formula is C13H13ClN2O3. The minimum Gasteiger partial charge on any atom is -0.493 e. The van der Waals surface area contributed by atoms with Crippen molar-refractivity contribution in [2.75, 3.05) is 14.2 Å². The molecule has 19 heavy (non-hydrogen) atoms. The number of nitrogens with zero attached hydrogens (tertiary/aromatic N) is 2. The number of halogens is 1. The van der Waals surface area contributed by atoms with Crippen LogP contribution in [0.15, 0.2) is 30.7 Å². The molecule has 0 saturated heterocycles. The highest BCUT2D eigenvalue weighted by molar-refractivity contribution is 6.17. The summed E-state index contributed by atoms with van der Waals surface area (Å²) in [4.78, 5) is 7.97. The smallest absolute Gasteiger partial charge is 0.227 e. The van der Waals surface area contributed by atoms with Gasteiger partial charge in [-0.3, -0.25) is 0 Å². The lowest BCUT2D eigenvalue weighted by atomic mass is 10.3. The quantitative estimate of drug-likeness (QED) is 0.788. The van der Waals surface area contributed by atoms with Crippen molar-refractivity contribution in [2.45, 2.75) is 5.88 Å². The summed E-state index contributed by atoms with van der Waals surface area (Å²) in [5, 5.41) is 0. The highest BCUT2D eigenvalue weighted by atomic mass is 35.5. The molecule has 0 unspecified atom stereocenters. The Bertz CT molecular complexity index is 541. The molecule has 0 N–H and O–H groups in total. The maximum Gasteiger partial charge on any atom is 0.227 e. The Morgan fingerprint density at radius 2 is 1.84 bits per heavy atom. The van der Waals surface area contributed by atoms with Crippen LogP contribution in [-0.4, -0.2) is 24.2 Å². The zero-order valence-corrected chi connectivity index (χ0v) is 11.3. The van der Waals surface area contributed by atoms with Crippen molar-refractivity contribution in [3.05, 3.63) is 36.3 Å². The molecule has 1 aromatic carbocycles. The number of hydrogen-bond acceptors (Lipinski definition) is 5. The highest BCUT2D eigenvalue weighted by Crippen LogP contribution is 2.40. The Morgan fingerprint density at radius 1 is 1.16 bits per heavy atom. The van der Waals surface area contributed by atoms with E-state index in [0.29, 0.717) is 28.7 Å². The standard InChI is InChI=1S/C13H13ClN2O3/c1-17-10-4-3-5-11(18-2)12(10)19-13-9(6-14)7-15-8-16-13/h3-5,7-8H,6H2,1-2H3. The number of rotatable bonds is 5. The van der Waals surface area contributed by atoms with Gasteiger partial charge in [-0.1, -0.05) is 6.07 Å². The van der Waals surface area contributed by atoms with E-state index < -0.39 is 0 Å². The van der Waals surface area contributed by atoms with Gasteiger partial charge in [0, 0.05) is 11.8 Å². The Labute approximate surface area is 116 Å². The van der Waals surface area contributed by atoms with Crippen LogP contribution in [0.1, 0.15) is 5.56 Å². The molecule has 6 heteroatoms. The summed E-state index contributed by atoms with van der Waals surface area (Å²) in [6.07, 6.45) is 3.00. The Hall–Kier alpha value is -2.01. The lowest BCUT2D eigenvalue weighted by Gasteiger charge is -2.14. The van der Waals surface area contributed by atoms with E-state index in [2.05, 4.69) is 9.97 Å². The Morgan fingerprint density at radius 3 is 2.42 bits per heavy atom.